The number of nitrogens with one attached hydrogen (secondary N) is 1. The summed E-state index contributed by atoms with van der Waals surface area (Å²) in [6.07, 6.45) is 19.1. The van der Waals surface area contributed by atoms with Gasteiger partial charge < -0.3 is 5.32 Å². The molecule has 0 saturated heterocycles. The molecular weight excluding hydrogens is 414 g/mol. The molecule has 0 bridgehead atoms. The summed E-state index contributed by atoms with van der Waals surface area (Å²) >= 11 is 0. The standard InChI is InChI=1S/C32H38NO/c1-22-21-29-27-20-14-19-25(27)26-17-12-13-18-28(26)30(29)31(23(22)2)33-32(34)24-15-10-8-6-4-3-5-7-9-11-16-24/h12-14,17-19,24H,3-11,15-16,20H2,1-2H3,(H,33,34). The van der Waals surface area contributed by atoms with Crippen LogP contribution in [0.25, 0.3) is 27.6 Å². The molecule has 3 aromatic rings. The van der Waals surface area contributed by atoms with Gasteiger partial charge in [-0.05, 0) is 77.6 Å². The van der Waals surface area contributed by atoms with Crippen LogP contribution in [-0.2, 0) is 11.2 Å². The van der Waals surface area contributed by atoms with E-state index in [2.05, 4.69) is 61.6 Å². The normalized spacial score (nSPS) is 17.9. The van der Waals surface area contributed by atoms with Crippen molar-refractivity contribution in [3.63, 3.8) is 0 Å². The maximum Gasteiger partial charge on any atom is 0.227 e. The van der Waals surface area contributed by atoms with E-state index in [0.717, 1.165) is 36.1 Å². The van der Waals surface area contributed by atoms with Gasteiger partial charge in [-0.15, -0.1) is 0 Å². The molecule has 0 spiro atoms. The first-order chi connectivity index (χ1) is 16.6. The highest BCUT2D eigenvalue weighted by atomic mass is 16.1. The topological polar surface area (TPSA) is 29.1 Å². The van der Waals surface area contributed by atoms with Gasteiger partial charge in [0.25, 0.3) is 0 Å². The molecule has 0 heterocycles. The van der Waals surface area contributed by atoms with Crippen LogP contribution in [0.1, 0.15) is 92.9 Å². The van der Waals surface area contributed by atoms with Crippen LogP contribution in [0.3, 0.4) is 0 Å². The second kappa shape index (κ2) is 10.3. The zero-order valence-corrected chi connectivity index (χ0v) is 20.9. The van der Waals surface area contributed by atoms with Gasteiger partial charge in [-0.1, -0.05) is 94.2 Å². The lowest BCUT2D eigenvalue weighted by Gasteiger charge is -2.22. The van der Waals surface area contributed by atoms with Gasteiger partial charge >= 0.3 is 0 Å². The predicted molar refractivity (Wildman–Crippen MR) is 145 cm³/mol. The average molecular weight is 453 g/mol. The van der Waals surface area contributed by atoms with Gasteiger partial charge in [0.15, 0.2) is 0 Å². The number of hydrogen-bond donors (Lipinski definition) is 1. The predicted octanol–water partition coefficient (Wildman–Crippen LogP) is 8.84. The molecule has 3 aromatic carbocycles. The van der Waals surface area contributed by atoms with Crippen molar-refractivity contribution in [1.29, 1.82) is 0 Å². The van der Waals surface area contributed by atoms with Gasteiger partial charge in [0.2, 0.25) is 5.91 Å². The minimum atomic E-state index is 0.112. The Labute approximate surface area is 204 Å². The minimum Gasteiger partial charge on any atom is -0.325 e. The lowest BCUT2D eigenvalue weighted by molar-refractivity contribution is -0.120. The first-order valence-corrected chi connectivity index (χ1v) is 13.5. The Morgan fingerprint density at radius 1 is 0.882 bits per heavy atom. The van der Waals surface area contributed by atoms with E-state index in [0.29, 0.717) is 0 Å². The summed E-state index contributed by atoms with van der Waals surface area (Å²) in [5.41, 5.74) is 5.95. The summed E-state index contributed by atoms with van der Waals surface area (Å²) in [6.45, 7) is 4.27. The Hall–Kier alpha value is -2.61. The SMILES string of the molecule is Cc1[c]c2c3c(c4ccccc4c2c(NC(=O)C2CCCCCCCCCCC2)c1C)C=CC3. The van der Waals surface area contributed by atoms with Crippen molar-refractivity contribution in [3.05, 3.63) is 58.7 Å². The summed E-state index contributed by atoms with van der Waals surface area (Å²) in [5.74, 6) is 0.329. The first kappa shape index (κ1) is 23.1. The highest BCUT2D eigenvalue weighted by Gasteiger charge is 2.23. The maximum atomic E-state index is 13.7. The van der Waals surface area contributed by atoms with Crippen LogP contribution < -0.4 is 5.32 Å². The van der Waals surface area contributed by atoms with E-state index in [-0.39, 0.29) is 11.8 Å². The van der Waals surface area contributed by atoms with Crippen molar-refractivity contribution in [3.8, 4) is 0 Å². The van der Waals surface area contributed by atoms with Crippen LogP contribution in [-0.4, -0.2) is 5.91 Å². The van der Waals surface area contributed by atoms with E-state index < -0.39 is 0 Å². The van der Waals surface area contributed by atoms with Gasteiger partial charge in [-0.25, -0.2) is 0 Å². The number of amides is 1. The van der Waals surface area contributed by atoms with Crippen molar-refractivity contribution in [2.45, 2.75) is 90.9 Å². The number of rotatable bonds is 2. The number of hydrogen-bond acceptors (Lipinski definition) is 1. The van der Waals surface area contributed by atoms with Crippen molar-refractivity contribution in [2.75, 3.05) is 5.32 Å². The van der Waals surface area contributed by atoms with Crippen molar-refractivity contribution < 1.29 is 4.79 Å². The van der Waals surface area contributed by atoms with Crippen LogP contribution in [0.2, 0.25) is 0 Å². The Morgan fingerprint density at radius 2 is 1.50 bits per heavy atom. The quantitative estimate of drug-likeness (QED) is 0.387. The molecular formula is C32H38NO. The molecule has 2 aliphatic carbocycles. The number of carbonyl (C=O) groups is 1. The van der Waals surface area contributed by atoms with E-state index in [1.807, 2.05) is 0 Å². The number of allylic oxidation sites excluding steroid dienone is 1. The van der Waals surface area contributed by atoms with Gasteiger partial charge in [-0.2, -0.15) is 0 Å². The Morgan fingerprint density at radius 3 is 2.18 bits per heavy atom. The fourth-order valence-corrected chi connectivity index (χ4v) is 6.08. The van der Waals surface area contributed by atoms with Crippen molar-refractivity contribution in [2.24, 2.45) is 5.92 Å². The van der Waals surface area contributed by atoms with Crippen molar-refractivity contribution in [1.82, 2.24) is 0 Å². The molecule has 0 aliphatic heterocycles. The molecule has 177 valence electrons. The van der Waals surface area contributed by atoms with Gasteiger partial charge in [0.05, 0.1) is 5.69 Å². The van der Waals surface area contributed by atoms with E-state index >= 15 is 0 Å². The highest BCUT2D eigenvalue weighted by Crippen LogP contribution is 2.42. The second-order valence-corrected chi connectivity index (χ2v) is 10.5. The summed E-state index contributed by atoms with van der Waals surface area (Å²) in [7, 11) is 0. The third kappa shape index (κ3) is 4.52. The molecule has 1 amide bonds. The van der Waals surface area contributed by atoms with E-state index in [9.17, 15) is 4.79 Å². The summed E-state index contributed by atoms with van der Waals surface area (Å²) in [5, 5.41) is 8.32. The van der Waals surface area contributed by atoms with E-state index in [1.54, 1.807) is 0 Å². The highest BCUT2D eigenvalue weighted by molar-refractivity contribution is 6.20. The van der Waals surface area contributed by atoms with Gasteiger partial charge in [0.1, 0.15) is 0 Å². The molecule has 0 unspecified atom stereocenters. The summed E-state index contributed by atoms with van der Waals surface area (Å²) in [4.78, 5) is 13.7. The van der Waals surface area contributed by atoms with Crippen molar-refractivity contribution >= 4 is 39.2 Å². The Balaban J connectivity index is 1.53. The largest absolute Gasteiger partial charge is 0.325 e. The Bertz CT molecular complexity index is 1220. The average Bonchev–Trinajstić information content (AvgIpc) is 3.33. The molecule has 0 aromatic heterocycles. The lowest BCUT2D eigenvalue weighted by atomic mass is 9.88. The molecule has 1 saturated carbocycles. The molecule has 34 heavy (non-hydrogen) atoms. The molecule has 1 radical (unpaired) electrons. The summed E-state index contributed by atoms with van der Waals surface area (Å²) < 4.78 is 0. The third-order valence-corrected chi connectivity index (χ3v) is 8.19. The number of carbonyl (C=O) groups excluding carboxylic acids is 1. The molecule has 2 heteroatoms. The van der Waals surface area contributed by atoms with Gasteiger partial charge in [0, 0.05) is 11.3 Å². The van der Waals surface area contributed by atoms with Crippen LogP contribution in [0, 0.1) is 25.8 Å². The van der Waals surface area contributed by atoms with Crippen LogP contribution in [0.4, 0.5) is 5.69 Å². The van der Waals surface area contributed by atoms with Crippen LogP contribution in [0.5, 0.6) is 0 Å². The van der Waals surface area contributed by atoms with E-state index in [1.165, 1.54) is 90.5 Å². The molecule has 0 atom stereocenters. The van der Waals surface area contributed by atoms with Gasteiger partial charge in [-0.3, -0.25) is 4.79 Å². The van der Waals surface area contributed by atoms with Crippen LogP contribution >= 0.6 is 0 Å². The fraction of sp³-hybridized carbons (Fsp3) is 0.469. The third-order valence-electron chi connectivity index (χ3n) is 8.19. The monoisotopic (exact) mass is 452 g/mol. The maximum absolute atomic E-state index is 13.7. The molecule has 1 N–H and O–H groups in total. The Kier molecular flexibility index (Phi) is 7.04. The first-order valence-electron chi connectivity index (χ1n) is 13.5. The summed E-state index contributed by atoms with van der Waals surface area (Å²) in [6, 6.07) is 12.4. The molecule has 2 aliphatic rings. The number of aryl methyl sites for hydroxylation is 1. The number of fused-ring (bicyclic) bond motifs is 6. The van der Waals surface area contributed by atoms with E-state index in [4.69, 9.17) is 0 Å². The lowest BCUT2D eigenvalue weighted by Crippen LogP contribution is -2.24. The number of anilines is 1. The molecule has 1 fully saturated rings. The zero-order valence-electron chi connectivity index (χ0n) is 20.9. The zero-order chi connectivity index (χ0) is 23.5. The molecule has 5 rings (SSSR count). The second-order valence-electron chi connectivity index (χ2n) is 10.5. The number of benzene rings is 3. The molecule has 2 nitrogen and oxygen atoms in total. The van der Waals surface area contributed by atoms with Crippen LogP contribution in [0.15, 0.2) is 30.3 Å². The fourth-order valence-electron chi connectivity index (χ4n) is 6.08. The smallest absolute Gasteiger partial charge is 0.227 e. The minimum absolute atomic E-state index is 0.112.